The van der Waals surface area contributed by atoms with Gasteiger partial charge in [-0.1, -0.05) is 43.7 Å². The molecular formula is C17H30IN3O. The molecule has 0 aliphatic carbocycles. The maximum atomic E-state index is 5.53. The van der Waals surface area contributed by atoms with Crippen molar-refractivity contribution in [2.24, 2.45) is 4.99 Å². The number of halogens is 1. The lowest BCUT2D eigenvalue weighted by molar-refractivity contribution is 0.139. The average Bonchev–Trinajstić information content (AvgIpc) is 2.51. The van der Waals surface area contributed by atoms with Gasteiger partial charge in [-0.05, 0) is 25.8 Å². The van der Waals surface area contributed by atoms with Gasteiger partial charge in [-0.15, -0.1) is 24.0 Å². The van der Waals surface area contributed by atoms with Crippen LogP contribution in [0, 0.1) is 0 Å². The number of hydrogen-bond donors (Lipinski definition) is 2. The van der Waals surface area contributed by atoms with Crippen LogP contribution in [-0.4, -0.2) is 32.3 Å². The Hall–Kier alpha value is -0.820. The van der Waals surface area contributed by atoms with E-state index in [1.54, 1.807) is 0 Å². The minimum Gasteiger partial charge on any atom is -0.380 e. The van der Waals surface area contributed by atoms with Crippen LogP contribution in [0.2, 0.25) is 0 Å². The van der Waals surface area contributed by atoms with Gasteiger partial charge in [0.2, 0.25) is 0 Å². The van der Waals surface area contributed by atoms with Gasteiger partial charge in [-0.2, -0.15) is 0 Å². The maximum Gasteiger partial charge on any atom is 0.191 e. The number of unbranched alkanes of at least 4 members (excludes halogenated alkanes) is 1. The largest absolute Gasteiger partial charge is 0.380 e. The van der Waals surface area contributed by atoms with Crippen molar-refractivity contribution >= 4 is 29.9 Å². The molecular weight excluding hydrogens is 389 g/mol. The Morgan fingerprint density at radius 1 is 1.18 bits per heavy atom. The summed E-state index contributed by atoms with van der Waals surface area (Å²) in [6, 6.07) is 10.6. The molecule has 1 aromatic carbocycles. The summed E-state index contributed by atoms with van der Waals surface area (Å²) in [6.45, 7) is 9.42. The van der Waals surface area contributed by atoms with Crippen molar-refractivity contribution in [1.29, 1.82) is 0 Å². The molecule has 0 aliphatic rings. The fraction of sp³-hybridized carbons (Fsp3) is 0.588. The number of aliphatic imine (C=N–C) groups is 1. The maximum absolute atomic E-state index is 5.53. The van der Waals surface area contributed by atoms with Crippen molar-refractivity contribution < 1.29 is 4.74 Å². The van der Waals surface area contributed by atoms with E-state index in [1.165, 1.54) is 12.0 Å². The summed E-state index contributed by atoms with van der Waals surface area (Å²) in [5.41, 5.74) is 1.25. The summed E-state index contributed by atoms with van der Waals surface area (Å²) in [4.78, 5) is 4.55. The molecule has 0 amide bonds. The van der Waals surface area contributed by atoms with E-state index in [9.17, 15) is 0 Å². The van der Waals surface area contributed by atoms with Crippen LogP contribution in [0.25, 0.3) is 0 Å². The van der Waals surface area contributed by atoms with Crippen LogP contribution in [0.1, 0.15) is 45.2 Å². The lowest BCUT2D eigenvalue weighted by Gasteiger charge is -2.18. The third-order valence-electron chi connectivity index (χ3n) is 3.14. The van der Waals surface area contributed by atoms with Gasteiger partial charge in [-0.3, -0.25) is 4.99 Å². The molecule has 0 bridgehead atoms. The molecule has 0 aliphatic heterocycles. The van der Waals surface area contributed by atoms with Gasteiger partial charge in [0.25, 0.3) is 0 Å². The molecule has 5 heteroatoms. The predicted molar refractivity (Wildman–Crippen MR) is 105 cm³/mol. The molecule has 1 aromatic rings. The topological polar surface area (TPSA) is 45.6 Å². The van der Waals surface area contributed by atoms with Gasteiger partial charge in [0, 0.05) is 13.2 Å². The minimum absolute atomic E-state index is 0. The Bertz CT molecular complexity index is 398. The zero-order valence-electron chi connectivity index (χ0n) is 14.0. The fourth-order valence-electron chi connectivity index (χ4n) is 1.92. The highest BCUT2D eigenvalue weighted by Gasteiger charge is 2.06. The van der Waals surface area contributed by atoms with Crippen LogP contribution in [0.4, 0.5) is 0 Å². The summed E-state index contributed by atoms with van der Waals surface area (Å²) >= 11 is 0. The molecule has 0 aromatic heterocycles. The number of guanidine groups is 1. The predicted octanol–water partition coefficient (Wildman–Crippen LogP) is 3.74. The number of ether oxygens (including phenoxy) is 1. The Kier molecular flexibility index (Phi) is 13.3. The van der Waals surface area contributed by atoms with Crippen molar-refractivity contribution in [2.75, 3.05) is 26.3 Å². The van der Waals surface area contributed by atoms with Gasteiger partial charge in [0.1, 0.15) is 0 Å². The summed E-state index contributed by atoms with van der Waals surface area (Å²) in [5, 5.41) is 6.69. The first-order chi connectivity index (χ1) is 10.3. The van der Waals surface area contributed by atoms with Gasteiger partial charge in [0.05, 0.1) is 19.2 Å². The van der Waals surface area contributed by atoms with Crippen LogP contribution in [0.3, 0.4) is 0 Å². The Labute approximate surface area is 152 Å². The molecule has 0 radical (unpaired) electrons. The summed E-state index contributed by atoms with van der Waals surface area (Å²) in [6.07, 6.45) is 2.29. The van der Waals surface area contributed by atoms with E-state index < -0.39 is 0 Å². The first-order valence-electron chi connectivity index (χ1n) is 7.95. The molecule has 2 N–H and O–H groups in total. The fourth-order valence-corrected chi connectivity index (χ4v) is 1.92. The molecule has 4 nitrogen and oxygen atoms in total. The molecule has 22 heavy (non-hydrogen) atoms. The Morgan fingerprint density at radius 3 is 2.55 bits per heavy atom. The van der Waals surface area contributed by atoms with E-state index >= 15 is 0 Å². The zero-order chi connectivity index (χ0) is 15.3. The quantitative estimate of drug-likeness (QED) is 0.278. The molecule has 126 valence electrons. The SMILES string of the molecule is CCCCOCCN=C(NCC)NC(C)c1ccccc1.I. The molecule has 1 rings (SSSR count). The van der Waals surface area contributed by atoms with Gasteiger partial charge < -0.3 is 15.4 Å². The van der Waals surface area contributed by atoms with Crippen molar-refractivity contribution in [1.82, 2.24) is 10.6 Å². The zero-order valence-corrected chi connectivity index (χ0v) is 16.3. The van der Waals surface area contributed by atoms with Gasteiger partial charge >= 0.3 is 0 Å². The van der Waals surface area contributed by atoms with Crippen molar-refractivity contribution in [2.45, 2.75) is 39.7 Å². The summed E-state index contributed by atoms with van der Waals surface area (Å²) in [5.74, 6) is 0.841. The van der Waals surface area contributed by atoms with E-state index in [1.807, 2.05) is 6.07 Å². The highest BCUT2D eigenvalue weighted by atomic mass is 127. The number of nitrogens with one attached hydrogen (secondary N) is 2. The van der Waals surface area contributed by atoms with Crippen molar-refractivity contribution in [3.8, 4) is 0 Å². The second-order valence-electron chi connectivity index (χ2n) is 5.00. The molecule has 0 saturated heterocycles. The standard InChI is InChI=1S/C17H29N3O.HI/c1-4-6-13-21-14-12-19-17(18-5-2)20-15(3)16-10-8-7-9-11-16;/h7-11,15H,4-6,12-14H2,1-3H3,(H2,18,19,20);1H. The summed E-state index contributed by atoms with van der Waals surface area (Å²) < 4.78 is 5.53. The molecule has 0 saturated carbocycles. The molecule has 1 atom stereocenters. The Morgan fingerprint density at radius 2 is 1.91 bits per heavy atom. The number of nitrogens with zero attached hydrogens (tertiary/aromatic N) is 1. The van der Waals surface area contributed by atoms with Crippen LogP contribution in [-0.2, 0) is 4.74 Å². The first-order valence-corrected chi connectivity index (χ1v) is 7.95. The van der Waals surface area contributed by atoms with E-state index in [0.717, 1.165) is 25.5 Å². The number of hydrogen-bond acceptors (Lipinski definition) is 2. The highest BCUT2D eigenvalue weighted by molar-refractivity contribution is 14.0. The van der Waals surface area contributed by atoms with Crippen LogP contribution in [0.15, 0.2) is 35.3 Å². The third kappa shape index (κ3) is 9.25. The smallest absolute Gasteiger partial charge is 0.191 e. The highest BCUT2D eigenvalue weighted by Crippen LogP contribution is 2.10. The van der Waals surface area contributed by atoms with Crippen LogP contribution < -0.4 is 10.6 Å². The molecule has 0 heterocycles. The molecule has 0 spiro atoms. The minimum atomic E-state index is 0. The van der Waals surface area contributed by atoms with Crippen molar-refractivity contribution in [3.05, 3.63) is 35.9 Å². The van der Waals surface area contributed by atoms with E-state index in [-0.39, 0.29) is 30.0 Å². The van der Waals surface area contributed by atoms with Gasteiger partial charge in [-0.25, -0.2) is 0 Å². The van der Waals surface area contributed by atoms with Crippen LogP contribution in [0.5, 0.6) is 0 Å². The molecule has 1 unspecified atom stereocenters. The third-order valence-corrected chi connectivity index (χ3v) is 3.14. The van der Waals surface area contributed by atoms with Crippen molar-refractivity contribution in [3.63, 3.8) is 0 Å². The lowest BCUT2D eigenvalue weighted by atomic mass is 10.1. The van der Waals surface area contributed by atoms with Gasteiger partial charge in [0.15, 0.2) is 5.96 Å². The van der Waals surface area contributed by atoms with E-state index in [4.69, 9.17) is 4.74 Å². The van der Waals surface area contributed by atoms with E-state index in [0.29, 0.717) is 13.2 Å². The monoisotopic (exact) mass is 419 g/mol. The number of rotatable bonds is 9. The average molecular weight is 419 g/mol. The Balaban J connectivity index is 0.00000441. The summed E-state index contributed by atoms with van der Waals surface area (Å²) in [7, 11) is 0. The molecule has 0 fully saturated rings. The second kappa shape index (κ2) is 13.8. The normalized spacial score (nSPS) is 12.4. The van der Waals surface area contributed by atoms with E-state index in [2.05, 4.69) is 60.7 Å². The lowest BCUT2D eigenvalue weighted by Crippen LogP contribution is -2.39. The van der Waals surface area contributed by atoms with Crippen LogP contribution >= 0.6 is 24.0 Å². The second-order valence-corrected chi connectivity index (χ2v) is 5.00. The first kappa shape index (κ1) is 21.2. The number of benzene rings is 1.